The number of fused-ring (bicyclic) bond motifs is 1. The molecular weight excluding hydrogens is 352 g/mol. The smallest absolute Gasteiger partial charge is 0.261 e. The van der Waals surface area contributed by atoms with Gasteiger partial charge >= 0.3 is 0 Å². The molecule has 1 atom stereocenters. The fraction of sp³-hybridized carbons (Fsp3) is 0.348. The lowest BCUT2D eigenvalue weighted by molar-refractivity contribution is 0.0603. The molecule has 1 saturated heterocycles. The maximum Gasteiger partial charge on any atom is 0.261 e. The van der Waals surface area contributed by atoms with Crippen LogP contribution in [0, 0.1) is 0 Å². The molecule has 2 aliphatic heterocycles. The van der Waals surface area contributed by atoms with Gasteiger partial charge in [0.15, 0.2) is 0 Å². The van der Waals surface area contributed by atoms with Crippen LogP contribution < -0.4 is 0 Å². The van der Waals surface area contributed by atoms with Gasteiger partial charge in [-0.1, -0.05) is 31.2 Å². The molecule has 5 heteroatoms. The molecule has 0 unspecified atom stereocenters. The Labute approximate surface area is 164 Å². The van der Waals surface area contributed by atoms with Crippen LogP contribution >= 0.6 is 0 Å². The average Bonchev–Trinajstić information content (AvgIpc) is 2.99. The Balaban J connectivity index is 1.48. The summed E-state index contributed by atoms with van der Waals surface area (Å²) in [5, 5.41) is 0. The number of amides is 3. The molecule has 28 heavy (non-hydrogen) atoms. The van der Waals surface area contributed by atoms with E-state index in [1.54, 1.807) is 36.4 Å². The van der Waals surface area contributed by atoms with Crippen LogP contribution in [-0.4, -0.2) is 40.1 Å². The fourth-order valence-corrected chi connectivity index (χ4v) is 4.18. The molecule has 144 valence electrons. The molecule has 4 rings (SSSR count). The van der Waals surface area contributed by atoms with Crippen molar-refractivity contribution in [1.29, 1.82) is 0 Å². The van der Waals surface area contributed by atoms with Gasteiger partial charge in [-0.05, 0) is 55.5 Å². The Morgan fingerprint density at radius 1 is 0.964 bits per heavy atom. The number of likely N-dealkylation sites (tertiary alicyclic amines) is 1. The molecule has 0 aliphatic carbocycles. The zero-order valence-electron chi connectivity index (χ0n) is 16.1. The summed E-state index contributed by atoms with van der Waals surface area (Å²) in [6.07, 6.45) is 4.28. The van der Waals surface area contributed by atoms with Crippen LogP contribution in [0.1, 0.15) is 69.2 Å². The van der Waals surface area contributed by atoms with Crippen molar-refractivity contribution in [3.8, 4) is 0 Å². The van der Waals surface area contributed by atoms with Gasteiger partial charge in [0.25, 0.3) is 17.7 Å². The monoisotopic (exact) mass is 376 g/mol. The highest BCUT2D eigenvalue weighted by atomic mass is 16.2. The third kappa shape index (κ3) is 3.21. The van der Waals surface area contributed by atoms with E-state index in [4.69, 9.17) is 0 Å². The zero-order valence-corrected chi connectivity index (χ0v) is 16.1. The van der Waals surface area contributed by atoms with Crippen molar-refractivity contribution < 1.29 is 14.4 Å². The van der Waals surface area contributed by atoms with Gasteiger partial charge in [0.05, 0.1) is 17.7 Å². The highest BCUT2D eigenvalue weighted by Crippen LogP contribution is 2.25. The maximum absolute atomic E-state index is 12.9. The SMILES string of the molecule is CC[C@H]1CCCCN1C(=O)c1ccc(CN2C(=O)c3ccccc3C2=O)cc1. The first-order valence-electron chi connectivity index (χ1n) is 9.95. The Morgan fingerprint density at radius 2 is 1.61 bits per heavy atom. The summed E-state index contributed by atoms with van der Waals surface area (Å²) in [5.74, 6) is -0.460. The van der Waals surface area contributed by atoms with E-state index in [1.807, 2.05) is 17.0 Å². The Bertz CT molecular complexity index is 885. The second-order valence-corrected chi connectivity index (χ2v) is 7.50. The van der Waals surface area contributed by atoms with Crippen LogP contribution in [0.4, 0.5) is 0 Å². The molecule has 0 aromatic heterocycles. The molecular formula is C23H24N2O3. The van der Waals surface area contributed by atoms with E-state index in [0.29, 0.717) is 22.7 Å². The lowest BCUT2D eigenvalue weighted by atomic mass is 9.98. The van der Waals surface area contributed by atoms with E-state index in [9.17, 15) is 14.4 Å². The highest BCUT2D eigenvalue weighted by molar-refractivity contribution is 6.21. The number of nitrogens with zero attached hydrogens (tertiary/aromatic N) is 2. The number of benzene rings is 2. The molecule has 0 bridgehead atoms. The van der Waals surface area contributed by atoms with Crippen LogP contribution in [-0.2, 0) is 6.54 Å². The van der Waals surface area contributed by atoms with Crippen molar-refractivity contribution in [3.05, 3.63) is 70.8 Å². The topological polar surface area (TPSA) is 57.7 Å². The number of hydrogen-bond acceptors (Lipinski definition) is 3. The fourth-order valence-electron chi connectivity index (χ4n) is 4.18. The quantitative estimate of drug-likeness (QED) is 0.761. The van der Waals surface area contributed by atoms with Gasteiger partial charge in [-0.2, -0.15) is 0 Å². The predicted octanol–water partition coefficient (Wildman–Crippen LogP) is 3.89. The first-order chi connectivity index (χ1) is 13.6. The molecule has 2 aromatic carbocycles. The van der Waals surface area contributed by atoms with E-state index in [2.05, 4.69) is 6.92 Å². The molecule has 5 nitrogen and oxygen atoms in total. The summed E-state index contributed by atoms with van der Waals surface area (Å²) in [5.41, 5.74) is 2.40. The minimum absolute atomic E-state index is 0.0684. The summed E-state index contributed by atoms with van der Waals surface area (Å²) < 4.78 is 0. The number of imide groups is 1. The molecule has 0 spiro atoms. The third-order valence-corrected chi connectivity index (χ3v) is 5.78. The molecule has 3 amide bonds. The minimum atomic E-state index is -0.264. The van der Waals surface area contributed by atoms with E-state index < -0.39 is 0 Å². The average molecular weight is 376 g/mol. The maximum atomic E-state index is 12.9. The van der Waals surface area contributed by atoms with Gasteiger partial charge < -0.3 is 4.90 Å². The Kier molecular flexibility index (Phi) is 4.99. The number of carbonyl (C=O) groups excluding carboxylic acids is 3. The van der Waals surface area contributed by atoms with E-state index in [0.717, 1.165) is 31.4 Å². The molecule has 2 aromatic rings. The van der Waals surface area contributed by atoms with Crippen LogP contribution in [0.25, 0.3) is 0 Å². The van der Waals surface area contributed by atoms with Gasteiger partial charge in [0.2, 0.25) is 0 Å². The van der Waals surface area contributed by atoms with Crippen LogP contribution in [0.3, 0.4) is 0 Å². The van der Waals surface area contributed by atoms with Crippen LogP contribution in [0.5, 0.6) is 0 Å². The number of carbonyl (C=O) groups is 3. The molecule has 0 radical (unpaired) electrons. The van der Waals surface area contributed by atoms with Crippen molar-refractivity contribution in [3.63, 3.8) is 0 Å². The summed E-state index contributed by atoms with van der Waals surface area (Å²) >= 11 is 0. The predicted molar refractivity (Wildman–Crippen MR) is 106 cm³/mol. The van der Waals surface area contributed by atoms with Crippen molar-refractivity contribution in [2.24, 2.45) is 0 Å². The van der Waals surface area contributed by atoms with Gasteiger partial charge in [-0.3, -0.25) is 19.3 Å². The summed E-state index contributed by atoms with van der Waals surface area (Å²) in [7, 11) is 0. The van der Waals surface area contributed by atoms with E-state index in [-0.39, 0.29) is 24.3 Å². The number of hydrogen-bond donors (Lipinski definition) is 0. The largest absolute Gasteiger partial charge is 0.336 e. The molecule has 1 fully saturated rings. The zero-order chi connectivity index (χ0) is 19.7. The van der Waals surface area contributed by atoms with Crippen LogP contribution in [0.15, 0.2) is 48.5 Å². The molecule has 2 heterocycles. The Hall–Kier alpha value is -2.95. The standard InChI is InChI=1S/C23H24N2O3/c1-2-18-7-5-6-14-24(18)21(26)17-12-10-16(11-13-17)15-25-22(27)19-8-3-4-9-20(19)23(25)28/h3-4,8-13,18H,2,5-7,14-15H2,1H3/t18-/m0/s1. The van der Waals surface area contributed by atoms with Crippen molar-refractivity contribution >= 4 is 17.7 Å². The lowest BCUT2D eigenvalue weighted by Gasteiger charge is -2.35. The molecule has 0 N–H and O–H groups in total. The molecule has 0 saturated carbocycles. The second kappa shape index (κ2) is 7.58. The third-order valence-electron chi connectivity index (χ3n) is 5.78. The van der Waals surface area contributed by atoms with Gasteiger partial charge in [-0.15, -0.1) is 0 Å². The van der Waals surface area contributed by atoms with Crippen molar-refractivity contribution in [2.45, 2.75) is 45.2 Å². The highest BCUT2D eigenvalue weighted by Gasteiger charge is 2.35. The first-order valence-corrected chi connectivity index (χ1v) is 9.95. The van der Waals surface area contributed by atoms with Crippen molar-refractivity contribution in [2.75, 3.05) is 6.54 Å². The summed E-state index contributed by atoms with van der Waals surface area (Å²) in [6.45, 7) is 3.15. The Morgan fingerprint density at radius 3 is 2.21 bits per heavy atom. The summed E-state index contributed by atoms with van der Waals surface area (Å²) in [4.78, 5) is 41.2. The lowest BCUT2D eigenvalue weighted by Crippen LogP contribution is -2.43. The minimum Gasteiger partial charge on any atom is -0.336 e. The number of piperidine rings is 1. The number of rotatable bonds is 4. The second-order valence-electron chi connectivity index (χ2n) is 7.50. The van der Waals surface area contributed by atoms with E-state index >= 15 is 0 Å². The van der Waals surface area contributed by atoms with Gasteiger partial charge in [0, 0.05) is 18.2 Å². The van der Waals surface area contributed by atoms with Gasteiger partial charge in [-0.25, -0.2) is 0 Å². The van der Waals surface area contributed by atoms with E-state index in [1.165, 1.54) is 11.3 Å². The normalized spacial score (nSPS) is 19.1. The van der Waals surface area contributed by atoms with Gasteiger partial charge in [0.1, 0.15) is 0 Å². The molecule has 2 aliphatic rings. The van der Waals surface area contributed by atoms with Crippen molar-refractivity contribution in [1.82, 2.24) is 9.80 Å². The van der Waals surface area contributed by atoms with Crippen LogP contribution in [0.2, 0.25) is 0 Å². The first kappa shape index (κ1) is 18.4. The summed E-state index contributed by atoms with van der Waals surface area (Å²) in [6, 6.07) is 14.5.